The third-order valence-electron chi connectivity index (χ3n) is 0. The largest absolute Gasteiger partial charge is 1.00 e. The first-order valence-electron chi connectivity index (χ1n) is 0.783. The van der Waals surface area contributed by atoms with Crippen molar-refractivity contribution in [2.24, 2.45) is 0 Å². The molecular weight excluding hydrogens is 249 g/mol. The molecular formula is H11AlGeLiO4PTi. The molecule has 0 saturated carbocycles. The van der Waals surface area contributed by atoms with Crippen LogP contribution in [0.5, 0.6) is 0 Å². The predicted molar refractivity (Wildman–Crippen MR) is 36.6 cm³/mol. The second-order valence-electron chi connectivity index (χ2n) is 0.513. The van der Waals surface area contributed by atoms with Crippen LogP contribution in [0.3, 0.4) is 0 Å². The van der Waals surface area contributed by atoms with Crippen LogP contribution in [0.4, 0.5) is 0 Å². The number of hydrogen-bond donors (Lipinski definition) is 3. The Morgan fingerprint density at radius 3 is 1.22 bits per heavy atom. The van der Waals surface area contributed by atoms with Crippen molar-refractivity contribution in [1.82, 2.24) is 0 Å². The van der Waals surface area contributed by atoms with Crippen LogP contribution in [0.1, 0.15) is 1.43 Å². The fourth-order valence-corrected chi connectivity index (χ4v) is 0. The molecule has 0 aliphatic heterocycles. The minimum Gasteiger partial charge on any atom is -1.00 e. The van der Waals surface area contributed by atoms with Gasteiger partial charge in [-0.15, -0.1) is 0 Å². The van der Waals surface area contributed by atoms with Gasteiger partial charge < -0.3 is 16.1 Å². The maximum Gasteiger partial charge on any atom is 1.00 e. The monoisotopic (exact) mass is 262 g/mol. The van der Waals surface area contributed by atoms with E-state index in [1.807, 2.05) is 0 Å². The molecule has 9 heteroatoms. The van der Waals surface area contributed by atoms with E-state index in [1.54, 1.807) is 0 Å². The van der Waals surface area contributed by atoms with Crippen molar-refractivity contribution < 1.29 is 61.3 Å². The molecule has 0 amide bonds. The molecule has 0 heterocycles. The molecule has 0 rings (SSSR count). The molecule has 0 aliphatic carbocycles. The average Bonchev–Trinajstić information content (AvgIpc) is 0.722. The van der Waals surface area contributed by atoms with Crippen LogP contribution in [0.25, 0.3) is 0 Å². The fourth-order valence-electron chi connectivity index (χ4n) is 0. The van der Waals surface area contributed by atoms with E-state index < -0.39 is 7.82 Å². The zero-order valence-corrected chi connectivity index (χ0v) is 6.15. The van der Waals surface area contributed by atoms with E-state index in [1.165, 1.54) is 0 Å². The van der Waals surface area contributed by atoms with Crippen molar-refractivity contribution in [1.29, 1.82) is 0 Å². The summed E-state index contributed by atoms with van der Waals surface area (Å²) in [5.74, 6) is 0. The molecule has 9 heavy (non-hydrogen) atoms. The van der Waals surface area contributed by atoms with Crippen LogP contribution < -0.4 is 18.9 Å². The molecule has 0 fully saturated rings. The van der Waals surface area contributed by atoms with Gasteiger partial charge in [-0.2, -0.15) is 0 Å². The van der Waals surface area contributed by atoms with E-state index in [4.69, 9.17) is 19.2 Å². The second kappa shape index (κ2) is 13.1. The van der Waals surface area contributed by atoms with Crippen molar-refractivity contribution in [2.75, 3.05) is 0 Å². The van der Waals surface area contributed by atoms with Crippen molar-refractivity contribution in [3.8, 4) is 0 Å². The maximum atomic E-state index is 8.88. The SMILES string of the molecule is O=P(O)(O)O.[AlH3].[GeH4].[H-].[Li+].[Ti]. The number of rotatable bonds is 0. The second-order valence-corrected chi connectivity index (χ2v) is 1.54. The third kappa shape index (κ3) is 122. The van der Waals surface area contributed by atoms with Gasteiger partial charge in [0, 0.05) is 21.7 Å². The van der Waals surface area contributed by atoms with Gasteiger partial charge >= 0.3 is 44.3 Å². The number of phosphoric acid groups is 1. The fraction of sp³-hybridized carbons (Fsp3) is 0. The van der Waals surface area contributed by atoms with Crippen LogP contribution in [-0.4, -0.2) is 49.6 Å². The van der Waals surface area contributed by atoms with Gasteiger partial charge in [0.2, 0.25) is 0 Å². The van der Waals surface area contributed by atoms with Crippen LogP contribution in [0.15, 0.2) is 0 Å². The summed E-state index contributed by atoms with van der Waals surface area (Å²) in [5.41, 5.74) is 0. The molecule has 3 N–H and O–H groups in total. The molecule has 0 aromatic heterocycles. The molecule has 0 atom stereocenters. The normalized spacial score (nSPS) is 6.56. The van der Waals surface area contributed by atoms with Gasteiger partial charge in [-0.1, -0.05) is 0 Å². The first-order valence-corrected chi connectivity index (χ1v) is 2.35. The van der Waals surface area contributed by atoms with Gasteiger partial charge in [-0.25, -0.2) is 4.57 Å². The summed E-state index contributed by atoms with van der Waals surface area (Å²) in [6, 6.07) is 0. The standard InChI is InChI=1S/Al.GeH4.Li.H3O4P.Ti.4H/c;;;1-5(2,3)4;;;;;/h;1H4;;(H3,1,2,3,4);;;;;/q;;+1;;;;;;-1. The van der Waals surface area contributed by atoms with Gasteiger partial charge in [-0.3, -0.25) is 0 Å². The Morgan fingerprint density at radius 2 is 1.22 bits per heavy atom. The molecule has 0 aliphatic rings. The minimum atomic E-state index is -4.64. The van der Waals surface area contributed by atoms with Crippen LogP contribution in [0.2, 0.25) is 0 Å². The predicted octanol–water partition coefficient (Wildman–Crippen LogP) is -6.45. The first-order chi connectivity index (χ1) is 2.00. The van der Waals surface area contributed by atoms with E-state index in [0.29, 0.717) is 0 Å². The molecule has 52 valence electrons. The Kier molecular flexibility index (Phi) is 43.7. The number of hydrogen-bond acceptors (Lipinski definition) is 1. The maximum absolute atomic E-state index is 8.88. The summed E-state index contributed by atoms with van der Waals surface area (Å²) in [7, 11) is -4.64. The van der Waals surface area contributed by atoms with Crippen LogP contribution >= 0.6 is 7.82 Å². The van der Waals surface area contributed by atoms with E-state index in [9.17, 15) is 0 Å². The summed E-state index contributed by atoms with van der Waals surface area (Å²) < 4.78 is 8.88. The zero-order valence-electron chi connectivity index (χ0n) is 4.70. The van der Waals surface area contributed by atoms with E-state index in [0.717, 1.165) is 0 Å². The average molecular weight is 260 g/mol. The molecule has 0 saturated heterocycles. The molecule has 0 radical (unpaired) electrons. The molecule has 4 nitrogen and oxygen atoms in total. The topological polar surface area (TPSA) is 77.8 Å². The van der Waals surface area contributed by atoms with E-state index in [-0.39, 0.29) is 77.0 Å². The summed E-state index contributed by atoms with van der Waals surface area (Å²) in [6.07, 6.45) is 0. The third-order valence-corrected chi connectivity index (χ3v) is 0. The van der Waals surface area contributed by atoms with Crippen molar-refractivity contribution >= 4 is 42.8 Å². The van der Waals surface area contributed by atoms with Crippen LogP contribution in [-0.2, 0) is 26.3 Å². The smallest absolute Gasteiger partial charge is 1.00 e. The summed E-state index contributed by atoms with van der Waals surface area (Å²) in [6.45, 7) is 0. The molecule has 0 bridgehead atoms. The molecule has 0 aromatic carbocycles. The molecule has 0 unspecified atom stereocenters. The Morgan fingerprint density at radius 1 is 1.22 bits per heavy atom. The summed E-state index contributed by atoms with van der Waals surface area (Å²) in [4.78, 5) is 21.6. The quantitative estimate of drug-likeness (QED) is 0.299. The van der Waals surface area contributed by atoms with Gasteiger partial charge in [0.25, 0.3) is 0 Å². The Labute approximate surface area is 103 Å². The Bertz CT molecular complexity index is 71.4. The Balaban J connectivity index is -0.00000000800. The van der Waals surface area contributed by atoms with Gasteiger partial charge in [0.05, 0.1) is 0 Å². The van der Waals surface area contributed by atoms with Crippen molar-refractivity contribution in [3.63, 3.8) is 0 Å². The van der Waals surface area contributed by atoms with Crippen molar-refractivity contribution in [2.45, 2.75) is 0 Å². The first kappa shape index (κ1) is 30.0. The van der Waals surface area contributed by atoms with Crippen LogP contribution in [0, 0.1) is 0 Å². The zero-order chi connectivity index (χ0) is 4.50. The van der Waals surface area contributed by atoms with Crippen molar-refractivity contribution in [3.05, 3.63) is 0 Å². The summed E-state index contributed by atoms with van der Waals surface area (Å²) in [5, 5.41) is 0. The Hall–Kier alpha value is 2.50. The van der Waals surface area contributed by atoms with Gasteiger partial charge in [0.15, 0.2) is 17.4 Å². The van der Waals surface area contributed by atoms with Gasteiger partial charge in [0.1, 0.15) is 0 Å². The van der Waals surface area contributed by atoms with E-state index >= 15 is 0 Å². The minimum absolute atomic E-state index is 0. The van der Waals surface area contributed by atoms with Gasteiger partial charge in [-0.05, 0) is 0 Å². The molecule has 0 spiro atoms. The molecule has 0 aromatic rings. The van der Waals surface area contributed by atoms with E-state index in [2.05, 4.69) is 0 Å². The summed E-state index contributed by atoms with van der Waals surface area (Å²) >= 11 is 0.